The monoisotopic (exact) mass is 221 g/mol. The fraction of sp³-hybridized carbons (Fsp3) is 0.462. The van der Waals surface area contributed by atoms with E-state index in [4.69, 9.17) is 5.11 Å². The Kier molecular flexibility index (Phi) is 4.50. The number of hydrogen-bond donors (Lipinski definition) is 1. The van der Waals surface area contributed by atoms with E-state index in [1.165, 1.54) is 0 Å². The second-order valence-corrected chi connectivity index (χ2v) is 4.13. The summed E-state index contributed by atoms with van der Waals surface area (Å²) in [6.45, 7) is 6.20. The summed E-state index contributed by atoms with van der Waals surface area (Å²) in [5, 5.41) is 8.96. The van der Waals surface area contributed by atoms with Gasteiger partial charge in [-0.15, -0.1) is 0 Å². The smallest absolute Gasteiger partial charge is 0.254 e. The van der Waals surface area contributed by atoms with E-state index in [0.29, 0.717) is 12.1 Å². The van der Waals surface area contributed by atoms with E-state index in [1.807, 2.05) is 45.0 Å². The molecule has 1 N–H and O–H groups in total. The molecule has 3 heteroatoms. The third-order valence-corrected chi connectivity index (χ3v) is 2.60. The zero-order valence-electron chi connectivity index (χ0n) is 10.1. The van der Waals surface area contributed by atoms with Crippen LogP contribution in [0.25, 0.3) is 0 Å². The lowest BCUT2D eigenvalue weighted by atomic mass is 10.1. The van der Waals surface area contributed by atoms with Crippen LogP contribution >= 0.6 is 0 Å². The van der Waals surface area contributed by atoms with Crippen molar-refractivity contribution in [3.05, 3.63) is 35.4 Å². The van der Waals surface area contributed by atoms with Gasteiger partial charge in [-0.25, -0.2) is 0 Å². The van der Waals surface area contributed by atoms with Gasteiger partial charge in [-0.3, -0.25) is 4.79 Å². The van der Waals surface area contributed by atoms with Crippen molar-refractivity contribution in [2.24, 2.45) is 0 Å². The van der Waals surface area contributed by atoms with Crippen LogP contribution in [0.4, 0.5) is 0 Å². The van der Waals surface area contributed by atoms with Gasteiger partial charge in [0.25, 0.3) is 5.91 Å². The molecular weight excluding hydrogens is 202 g/mol. The molecule has 0 atom stereocenters. The molecule has 0 radical (unpaired) electrons. The minimum absolute atomic E-state index is 0.00417. The zero-order valence-corrected chi connectivity index (χ0v) is 10.1. The van der Waals surface area contributed by atoms with Crippen molar-refractivity contribution in [1.29, 1.82) is 0 Å². The van der Waals surface area contributed by atoms with Crippen molar-refractivity contribution in [1.82, 2.24) is 4.90 Å². The number of aryl methyl sites for hydroxylation is 1. The van der Waals surface area contributed by atoms with Crippen LogP contribution in [0, 0.1) is 6.92 Å². The van der Waals surface area contributed by atoms with Crippen LogP contribution in [0.2, 0.25) is 0 Å². The first-order valence-electron chi connectivity index (χ1n) is 5.55. The highest BCUT2D eigenvalue weighted by atomic mass is 16.3. The molecule has 16 heavy (non-hydrogen) atoms. The molecule has 3 nitrogen and oxygen atoms in total. The van der Waals surface area contributed by atoms with Gasteiger partial charge in [-0.1, -0.05) is 18.2 Å². The highest BCUT2D eigenvalue weighted by Gasteiger charge is 2.19. The summed E-state index contributed by atoms with van der Waals surface area (Å²) < 4.78 is 0. The fourth-order valence-corrected chi connectivity index (χ4v) is 1.67. The molecule has 0 aliphatic rings. The van der Waals surface area contributed by atoms with Crippen molar-refractivity contribution in [3.63, 3.8) is 0 Å². The van der Waals surface area contributed by atoms with Crippen molar-refractivity contribution in [2.45, 2.75) is 26.8 Å². The Morgan fingerprint density at radius 3 is 2.50 bits per heavy atom. The Morgan fingerprint density at radius 2 is 2.00 bits per heavy atom. The van der Waals surface area contributed by atoms with Crippen molar-refractivity contribution >= 4 is 5.91 Å². The van der Waals surface area contributed by atoms with Gasteiger partial charge in [0.1, 0.15) is 0 Å². The van der Waals surface area contributed by atoms with Crippen molar-refractivity contribution in [2.75, 3.05) is 13.2 Å². The van der Waals surface area contributed by atoms with Crippen LogP contribution < -0.4 is 0 Å². The van der Waals surface area contributed by atoms with E-state index in [9.17, 15) is 4.79 Å². The summed E-state index contributed by atoms with van der Waals surface area (Å²) in [6.07, 6.45) is 0. The first-order valence-corrected chi connectivity index (χ1v) is 5.55. The first-order chi connectivity index (χ1) is 7.57. The van der Waals surface area contributed by atoms with Crippen molar-refractivity contribution < 1.29 is 9.90 Å². The Hall–Kier alpha value is -1.35. The molecular formula is C13H19NO2. The standard InChI is InChI=1S/C13H19NO2/c1-10(2)14(8-9-15)13(16)12-7-5-4-6-11(12)3/h4-7,10,15H,8-9H2,1-3H3. The maximum absolute atomic E-state index is 12.2. The summed E-state index contributed by atoms with van der Waals surface area (Å²) in [4.78, 5) is 13.9. The molecule has 0 aliphatic heterocycles. The molecule has 1 amide bonds. The summed E-state index contributed by atoms with van der Waals surface area (Å²) in [5.41, 5.74) is 1.68. The van der Waals surface area contributed by atoms with Gasteiger partial charge in [-0.05, 0) is 32.4 Å². The molecule has 0 aromatic heterocycles. The lowest BCUT2D eigenvalue weighted by Crippen LogP contribution is -2.39. The Bertz CT molecular complexity index is 361. The third kappa shape index (κ3) is 2.83. The van der Waals surface area contributed by atoms with Crippen LogP contribution in [-0.2, 0) is 0 Å². The van der Waals surface area contributed by atoms with E-state index >= 15 is 0 Å². The topological polar surface area (TPSA) is 40.5 Å². The maximum atomic E-state index is 12.2. The number of aliphatic hydroxyl groups excluding tert-OH is 1. The molecule has 1 rings (SSSR count). The number of amides is 1. The number of rotatable bonds is 4. The quantitative estimate of drug-likeness (QED) is 0.842. The van der Waals surface area contributed by atoms with Crippen LogP contribution in [0.3, 0.4) is 0 Å². The minimum atomic E-state index is -0.0119. The minimum Gasteiger partial charge on any atom is -0.395 e. The van der Waals surface area contributed by atoms with Gasteiger partial charge in [0.15, 0.2) is 0 Å². The Labute approximate surface area is 96.7 Å². The molecule has 0 aliphatic carbocycles. The highest BCUT2D eigenvalue weighted by Crippen LogP contribution is 2.12. The Balaban J connectivity index is 2.95. The third-order valence-electron chi connectivity index (χ3n) is 2.60. The van der Waals surface area contributed by atoms with E-state index in [-0.39, 0.29) is 18.6 Å². The molecule has 88 valence electrons. The molecule has 0 heterocycles. The van der Waals surface area contributed by atoms with Crippen LogP contribution in [0.1, 0.15) is 29.8 Å². The summed E-state index contributed by atoms with van der Waals surface area (Å²) in [6, 6.07) is 7.62. The van der Waals surface area contributed by atoms with E-state index in [2.05, 4.69) is 0 Å². The first kappa shape index (κ1) is 12.7. The summed E-state index contributed by atoms with van der Waals surface area (Å²) in [5.74, 6) is -0.0119. The van der Waals surface area contributed by atoms with Gasteiger partial charge in [0, 0.05) is 18.2 Å². The number of carbonyl (C=O) groups excluding carboxylic acids is 1. The van der Waals surface area contributed by atoms with E-state index in [1.54, 1.807) is 4.90 Å². The van der Waals surface area contributed by atoms with Gasteiger partial charge in [-0.2, -0.15) is 0 Å². The number of carbonyl (C=O) groups is 1. The molecule has 0 unspecified atom stereocenters. The normalized spacial score (nSPS) is 10.6. The SMILES string of the molecule is Cc1ccccc1C(=O)N(CCO)C(C)C. The van der Waals surface area contributed by atoms with Crippen molar-refractivity contribution in [3.8, 4) is 0 Å². The highest BCUT2D eigenvalue weighted by molar-refractivity contribution is 5.95. The van der Waals surface area contributed by atoms with Crippen LogP contribution in [0.5, 0.6) is 0 Å². The predicted octanol–water partition coefficient (Wildman–Crippen LogP) is 1.84. The fourth-order valence-electron chi connectivity index (χ4n) is 1.67. The number of nitrogens with zero attached hydrogens (tertiary/aromatic N) is 1. The van der Waals surface area contributed by atoms with E-state index in [0.717, 1.165) is 5.56 Å². The van der Waals surface area contributed by atoms with Gasteiger partial charge >= 0.3 is 0 Å². The van der Waals surface area contributed by atoms with Crippen LogP contribution in [-0.4, -0.2) is 35.1 Å². The zero-order chi connectivity index (χ0) is 12.1. The summed E-state index contributed by atoms with van der Waals surface area (Å²) in [7, 11) is 0. The predicted molar refractivity (Wildman–Crippen MR) is 64.4 cm³/mol. The lowest BCUT2D eigenvalue weighted by Gasteiger charge is -2.26. The molecule has 0 saturated carbocycles. The molecule has 0 saturated heterocycles. The van der Waals surface area contributed by atoms with Gasteiger partial charge in [0.2, 0.25) is 0 Å². The van der Waals surface area contributed by atoms with Gasteiger partial charge < -0.3 is 10.0 Å². The molecule has 1 aromatic rings. The largest absolute Gasteiger partial charge is 0.395 e. The molecule has 0 fully saturated rings. The lowest BCUT2D eigenvalue weighted by molar-refractivity contribution is 0.0664. The van der Waals surface area contributed by atoms with E-state index < -0.39 is 0 Å². The average molecular weight is 221 g/mol. The van der Waals surface area contributed by atoms with Crippen LogP contribution in [0.15, 0.2) is 24.3 Å². The molecule has 0 bridgehead atoms. The molecule has 0 spiro atoms. The summed E-state index contributed by atoms with van der Waals surface area (Å²) >= 11 is 0. The average Bonchev–Trinajstić information content (AvgIpc) is 2.25. The number of hydrogen-bond acceptors (Lipinski definition) is 2. The number of benzene rings is 1. The second kappa shape index (κ2) is 5.66. The Morgan fingerprint density at radius 1 is 1.38 bits per heavy atom. The molecule has 1 aromatic carbocycles. The number of aliphatic hydroxyl groups is 1. The second-order valence-electron chi connectivity index (χ2n) is 4.13. The van der Waals surface area contributed by atoms with Gasteiger partial charge in [0.05, 0.1) is 6.61 Å². The maximum Gasteiger partial charge on any atom is 0.254 e.